The molecule has 0 heterocycles. The number of benzene rings is 6. The Bertz CT molecular complexity index is 1720. The van der Waals surface area contributed by atoms with E-state index in [-0.39, 0.29) is 0 Å². The van der Waals surface area contributed by atoms with Gasteiger partial charge in [-0.25, -0.2) is 0 Å². The zero-order chi connectivity index (χ0) is 26.6. The van der Waals surface area contributed by atoms with Crippen LogP contribution in [0, 0.1) is 0 Å². The Morgan fingerprint density at radius 1 is 0.436 bits per heavy atom. The summed E-state index contributed by atoms with van der Waals surface area (Å²) in [6.45, 7) is 4.46. The molecule has 1 nitrogen and oxygen atoms in total. The molecule has 1 N–H and O–H groups in total. The number of anilines is 2. The molecule has 6 aromatic carbocycles. The van der Waals surface area contributed by atoms with Gasteiger partial charge in [0, 0.05) is 11.4 Å². The van der Waals surface area contributed by atoms with E-state index >= 15 is 0 Å². The number of aryl methyl sites for hydroxylation is 2. The molecule has 1 heteroatoms. The van der Waals surface area contributed by atoms with Gasteiger partial charge in [0.15, 0.2) is 0 Å². The highest BCUT2D eigenvalue weighted by Crippen LogP contribution is 2.37. The second-order valence-corrected chi connectivity index (χ2v) is 10.0. The molecular formula is C38H33N. The van der Waals surface area contributed by atoms with E-state index in [0.29, 0.717) is 0 Å². The van der Waals surface area contributed by atoms with Crippen LogP contribution in [0.1, 0.15) is 25.0 Å². The highest BCUT2D eigenvalue weighted by molar-refractivity contribution is 6.06. The van der Waals surface area contributed by atoms with E-state index in [1.54, 1.807) is 0 Å². The lowest BCUT2D eigenvalue weighted by Gasteiger charge is -2.16. The molecule has 0 spiro atoms. The Kier molecular flexibility index (Phi) is 6.97. The Morgan fingerprint density at radius 2 is 1.00 bits per heavy atom. The van der Waals surface area contributed by atoms with Gasteiger partial charge in [-0.3, -0.25) is 0 Å². The predicted octanol–water partition coefficient (Wildman–Crippen LogP) is 10.7. The SMILES string of the molecule is CCc1ccccc1-c1ccc(Nc2ccc(-c3cccc4cccc(-c5ccccc5)c34)cc2)cc1CC. The molecule has 0 amide bonds. The average Bonchev–Trinajstić information content (AvgIpc) is 3.01. The molecule has 0 aliphatic heterocycles. The van der Waals surface area contributed by atoms with E-state index in [1.807, 2.05) is 0 Å². The minimum absolute atomic E-state index is 0.993. The molecule has 0 aromatic heterocycles. The quantitative estimate of drug-likeness (QED) is 0.228. The molecule has 0 radical (unpaired) electrons. The molecule has 6 rings (SSSR count). The van der Waals surface area contributed by atoms with Gasteiger partial charge in [-0.15, -0.1) is 0 Å². The number of hydrogen-bond acceptors (Lipinski definition) is 1. The normalized spacial score (nSPS) is 11.0. The molecule has 0 aliphatic rings. The van der Waals surface area contributed by atoms with Gasteiger partial charge in [0.1, 0.15) is 0 Å². The molecule has 0 saturated heterocycles. The Balaban J connectivity index is 1.31. The largest absolute Gasteiger partial charge is 0.356 e. The van der Waals surface area contributed by atoms with Crippen molar-refractivity contribution in [3.8, 4) is 33.4 Å². The number of hydrogen-bond donors (Lipinski definition) is 1. The molecule has 6 aromatic rings. The van der Waals surface area contributed by atoms with Crippen molar-refractivity contribution in [2.24, 2.45) is 0 Å². The van der Waals surface area contributed by atoms with E-state index in [9.17, 15) is 0 Å². The van der Waals surface area contributed by atoms with Crippen molar-refractivity contribution in [3.05, 3.63) is 145 Å². The summed E-state index contributed by atoms with van der Waals surface area (Å²) in [6.07, 6.45) is 2.03. The van der Waals surface area contributed by atoms with Gasteiger partial charge in [-0.1, -0.05) is 123 Å². The summed E-state index contributed by atoms with van der Waals surface area (Å²) >= 11 is 0. The molecule has 190 valence electrons. The highest BCUT2D eigenvalue weighted by Gasteiger charge is 2.11. The fraction of sp³-hybridized carbons (Fsp3) is 0.105. The topological polar surface area (TPSA) is 12.0 Å². The fourth-order valence-electron chi connectivity index (χ4n) is 5.66. The summed E-state index contributed by atoms with van der Waals surface area (Å²) in [5, 5.41) is 6.19. The van der Waals surface area contributed by atoms with Crippen LogP contribution >= 0.6 is 0 Å². The predicted molar refractivity (Wildman–Crippen MR) is 169 cm³/mol. The zero-order valence-electron chi connectivity index (χ0n) is 22.6. The Labute approximate surface area is 231 Å². The van der Waals surface area contributed by atoms with Gasteiger partial charge in [-0.05, 0) is 92.4 Å². The minimum Gasteiger partial charge on any atom is -0.356 e. The molecule has 0 bridgehead atoms. The Hall–Kier alpha value is -4.62. The van der Waals surface area contributed by atoms with Gasteiger partial charge in [-0.2, -0.15) is 0 Å². The van der Waals surface area contributed by atoms with Crippen LogP contribution in [0.2, 0.25) is 0 Å². The van der Waals surface area contributed by atoms with E-state index in [0.717, 1.165) is 24.2 Å². The van der Waals surface area contributed by atoms with E-state index in [2.05, 4.69) is 153 Å². The Morgan fingerprint density at radius 3 is 1.69 bits per heavy atom. The number of nitrogens with one attached hydrogen (secondary N) is 1. The average molecular weight is 504 g/mol. The third-order valence-corrected chi connectivity index (χ3v) is 7.65. The molecule has 0 unspecified atom stereocenters. The van der Waals surface area contributed by atoms with Crippen LogP contribution < -0.4 is 5.32 Å². The van der Waals surface area contributed by atoms with Crippen LogP contribution in [-0.2, 0) is 12.8 Å². The second kappa shape index (κ2) is 11.0. The summed E-state index contributed by atoms with van der Waals surface area (Å²) in [5.41, 5.74) is 12.6. The monoisotopic (exact) mass is 503 g/mol. The van der Waals surface area contributed by atoms with Crippen molar-refractivity contribution in [1.82, 2.24) is 0 Å². The molecule has 0 atom stereocenters. The van der Waals surface area contributed by atoms with Crippen molar-refractivity contribution in [2.45, 2.75) is 26.7 Å². The maximum Gasteiger partial charge on any atom is 0.0387 e. The summed E-state index contributed by atoms with van der Waals surface area (Å²) < 4.78 is 0. The maximum absolute atomic E-state index is 3.64. The number of fused-ring (bicyclic) bond motifs is 1. The summed E-state index contributed by atoms with van der Waals surface area (Å²) in [7, 11) is 0. The first kappa shape index (κ1) is 24.7. The van der Waals surface area contributed by atoms with Crippen molar-refractivity contribution >= 4 is 22.1 Å². The zero-order valence-corrected chi connectivity index (χ0v) is 22.6. The van der Waals surface area contributed by atoms with E-state index < -0.39 is 0 Å². The summed E-state index contributed by atoms with van der Waals surface area (Å²) in [4.78, 5) is 0. The van der Waals surface area contributed by atoms with Crippen LogP contribution in [0.15, 0.2) is 133 Å². The van der Waals surface area contributed by atoms with Gasteiger partial charge < -0.3 is 5.32 Å². The molecular weight excluding hydrogens is 470 g/mol. The van der Waals surface area contributed by atoms with Gasteiger partial charge in [0.05, 0.1) is 0 Å². The lowest BCUT2D eigenvalue weighted by atomic mass is 9.91. The first-order valence-corrected chi connectivity index (χ1v) is 13.9. The molecule has 0 saturated carbocycles. The van der Waals surface area contributed by atoms with Crippen LogP contribution in [0.5, 0.6) is 0 Å². The first-order chi connectivity index (χ1) is 19.2. The maximum atomic E-state index is 3.64. The van der Waals surface area contributed by atoms with Gasteiger partial charge in [0.25, 0.3) is 0 Å². The number of rotatable bonds is 7. The lowest BCUT2D eigenvalue weighted by Crippen LogP contribution is -1.96. The van der Waals surface area contributed by atoms with E-state index in [1.165, 1.54) is 55.3 Å². The van der Waals surface area contributed by atoms with Crippen molar-refractivity contribution in [2.75, 3.05) is 5.32 Å². The van der Waals surface area contributed by atoms with Crippen LogP contribution in [0.3, 0.4) is 0 Å². The summed E-state index contributed by atoms with van der Waals surface area (Å²) in [5.74, 6) is 0. The highest BCUT2D eigenvalue weighted by atomic mass is 14.9. The van der Waals surface area contributed by atoms with Crippen LogP contribution in [0.4, 0.5) is 11.4 Å². The van der Waals surface area contributed by atoms with Crippen molar-refractivity contribution < 1.29 is 0 Å². The lowest BCUT2D eigenvalue weighted by molar-refractivity contribution is 1.12. The molecule has 0 fully saturated rings. The summed E-state index contributed by atoms with van der Waals surface area (Å²) in [6, 6.07) is 48.2. The van der Waals surface area contributed by atoms with Crippen molar-refractivity contribution in [3.63, 3.8) is 0 Å². The first-order valence-electron chi connectivity index (χ1n) is 13.9. The third kappa shape index (κ3) is 4.96. The molecule has 39 heavy (non-hydrogen) atoms. The standard InChI is InChI=1S/C38H33N/c1-3-27-12-8-9-17-34(27)35-25-24-33(26-28(35)4-2)39-32-22-20-30(21-23-32)37-19-11-16-31-15-10-18-36(38(31)37)29-13-6-5-7-14-29/h5-26,39H,3-4H2,1-2H3. The fourth-order valence-corrected chi connectivity index (χ4v) is 5.66. The smallest absolute Gasteiger partial charge is 0.0387 e. The second-order valence-electron chi connectivity index (χ2n) is 10.0. The minimum atomic E-state index is 0.993. The third-order valence-electron chi connectivity index (χ3n) is 7.65. The van der Waals surface area contributed by atoms with Crippen molar-refractivity contribution in [1.29, 1.82) is 0 Å². The molecule has 0 aliphatic carbocycles. The van der Waals surface area contributed by atoms with Crippen LogP contribution in [-0.4, -0.2) is 0 Å². The van der Waals surface area contributed by atoms with E-state index in [4.69, 9.17) is 0 Å². The van der Waals surface area contributed by atoms with Gasteiger partial charge in [0.2, 0.25) is 0 Å². The van der Waals surface area contributed by atoms with Crippen LogP contribution in [0.25, 0.3) is 44.2 Å². The van der Waals surface area contributed by atoms with Gasteiger partial charge >= 0.3 is 0 Å².